The summed E-state index contributed by atoms with van der Waals surface area (Å²) >= 11 is 5.92. The second kappa shape index (κ2) is 5.71. The summed E-state index contributed by atoms with van der Waals surface area (Å²) in [5, 5.41) is 20.4. The first-order valence-corrected chi connectivity index (χ1v) is 6.13. The molecule has 0 spiro atoms. The number of nitrogens with zero attached hydrogens (tertiary/aromatic N) is 2. The van der Waals surface area contributed by atoms with Gasteiger partial charge in [0.1, 0.15) is 10.8 Å². The molecule has 0 aliphatic carbocycles. The van der Waals surface area contributed by atoms with E-state index >= 15 is 0 Å². The molecule has 0 heterocycles. The molecule has 2 aromatic carbocycles. The standard InChI is InChI=1S/C14H11ClN2O3/c1-9-5-6-13(18)10(7-9)8-16-11-3-2-4-12(14(11)15)17(19)20/h2-8,18H,1H3/b16-8+. The maximum atomic E-state index is 10.8. The number of hydrogen-bond acceptors (Lipinski definition) is 4. The Kier molecular flexibility index (Phi) is 4.00. The maximum absolute atomic E-state index is 10.8. The lowest BCUT2D eigenvalue weighted by Gasteiger charge is -2.01. The van der Waals surface area contributed by atoms with Crippen molar-refractivity contribution >= 4 is 29.2 Å². The lowest BCUT2D eigenvalue weighted by atomic mass is 10.1. The van der Waals surface area contributed by atoms with Crippen LogP contribution in [-0.2, 0) is 0 Å². The quantitative estimate of drug-likeness (QED) is 0.527. The SMILES string of the molecule is Cc1ccc(O)c(/C=N/c2cccc([N+](=O)[O-])c2Cl)c1. The van der Waals surface area contributed by atoms with Crippen molar-refractivity contribution in [2.24, 2.45) is 4.99 Å². The Labute approximate surface area is 120 Å². The summed E-state index contributed by atoms with van der Waals surface area (Å²) < 4.78 is 0. The highest BCUT2D eigenvalue weighted by atomic mass is 35.5. The molecule has 0 amide bonds. The van der Waals surface area contributed by atoms with Crippen LogP contribution < -0.4 is 0 Å². The van der Waals surface area contributed by atoms with E-state index in [1.165, 1.54) is 18.3 Å². The zero-order valence-corrected chi connectivity index (χ0v) is 11.3. The summed E-state index contributed by atoms with van der Waals surface area (Å²) in [6.07, 6.45) is 1.42. The molecule has 102 valence electrons. The minimum absolute atomic E-state index is 0.0270. The topological polar surface area (TPSA) is 75.7 Å². The van der Waals surface area contributed by atoms with Gasteiger partial charge in [-0.05, 0) is 25.1 Å². The van der Waals surface area contributed by atoms with Gasteiger partial charge >= 0.3 is 0 Å². The summed E-state index contributed by atoms with van der Waals surface area (Å²) in [5.41, 5.74) is 1.57. The molecule has 0 saturated heterocycles. The fraction of sp³-hybridized carbons (Fsp3) is 0.0714. The average Bonchev–Trinajstić information content (AvgIpc) is 2.41. The van der Waals surface area contributed by atoms with Crippen molar-refractivity contribution in [3.8, 4) is 5.75 Å². The van der Waals surface area contributed by atoms with E-state index in [-0.39, 0.29) is 22.1 Å². The minimum Gasteiger partial charge on any atom is -0.507 e. The molecule has 1 N–H and O–H groups in total. The normalized spacial score (nSPS) is 10.9. The summed E-state index contributed by atoms with van der Waals surface area (Å²) in [4.78, 5) is 14.3. The highest BCUT2D eigenvalue weighted by Gasteiger charge is 2.14. The summed E-state index contributed by atoms with van der Waals surface area (Å²) in [6.45, 7) is 1.89. The highest BCUT2D eigenvalue weighted by molar-refractivity contribution is 6.35. The van der Waals surface area contributed by atoms with Crippen LogP contribution in [0.2, 0.25) is 5.02 Å². The number of aryl methyl sites for hydroxylation is 1. The number of nitro benzene ring substituents is 1. The number of phenolic OH excluding ortho intramolecular Hbond substituents is 1. The van der Waals surface area contributed by atoms with Crippen LogP contribution in [0.5, 0.6) is 5.75 Å². The zero-order chi connectivity index (χ0) is 14.7. The number of aromatic hydroxyl groups is 1. The van der Waals surface area contributed by atoms with Crippen molar-refractivity contribution in [1.29, 1.82) is 0 Å². The van der Waals surface area contributed by atoms with Gasteiger partial charge in [-0.25, -0.2) is 0 Å². The van der Waals surface area contributed by atoms with E-state index in [4.69, 9.17) is 11.6 Å². The molecule has 0 aliphatic heterocycles. The van der Waals surface area contributed by atoms with Crippen molar-refractivity contribution in [2.45, 2.75) is 6.92 Å². The predicted molar refractivity (Wildman–Crippen MR) is 78.2 cm³/mol. The average molecular weight is 291 g/mol. The van der Waals surface area contributed by atoms with Gasteiger partial charge in [0.15, 0.2) is 0 Å². The van der Waals surface area contributed by atoms with E-state index in [0.29, 0.717) is 5.56 Å². The van der Waals surface area contributed by atoms with Crippen LogP contribution in [0.25, 0.3) is 0 Å². The van der Waals surface area contributed by atoms with E-state index < -0.39 is 4.92 Å². The van der Waals surface area contributed by atoms with Gasteiger partial charge in [0.2, 0.25) is 0 Å². The molecular weight excluding hydrogens is 280 g/mol. The lowest BCUT2D eigenvalue weighted by molar-refractivity contribution is -0.384. The fourth-order valence-corrected chi connectivity index (χ4v) is 1.91. The monoisotopic (exact) mass is 290 g/mol. The Balaban J connectivity index is 2.39. The zero-order valence-electron chi connectivity index (χ0n) is 10.6. The number of nitro groups is 1. The molecular formula is C14H11ClN2O3. The van der Waals surface area contributed by atoms with Crippen LogP contribution in [0, 0.1) is 17.0 Å². The van der Waals surface area contributed by atoms with Crippen molar-refractivity contribution < 1.29 is 10.0 Å². The third kappa shape index (κ3) is 2.95. The van der Waals surface area contributed by atoms with Gasteiger partial charge in [-0.2, -0.15) is 0 Å². The Morgan fingerprint density at radius 2 is 2.10 bits per heavy atom. The second-order valence-corrected chi connectivity index (χ2v) is 4.57. The number of phenols is 1. The van der Waals surface area contributed by atoms with Crippen molar-refractivity contribution in [3.63, 3.8) is 0 Å². The molecule has 0 unspecified atom stereocenters. The molecule has 0 atom stereocenters. The van der Waals surface area contributed by atoms with Gasteiger partial charge < -0.3 is 5.11 Å². The molecule has 20 heavy (non-hydrogen) atoms. The van der Waals surface area contributed by atoms with Gasteiger partial charge in [0.25, 0.3) is 5.69 Å². The highest BCUT2D eigenvalue weighted by Crippen LogP contribution is 2.33. The van der Waals surface area contributed by atoms with Crippen molar-refractivity contribution in [1.82, 2.24) is 0 Å². The van der Waals surface area contributed by atoms with Gasteiger partial charge in [-0.1, -0.05) is 29.3 Å². The number of benzene rings is 2. The van der Waals surface area contributed by atoms with E-state index in [1.807, 2.05) is 6.92 Å². The third-order valence-corrected chi connectivity index (χ3v) is 3.07. The van der Waals surface area contributed by atoms with E-state index in [0.717, 1.165) is 5.56 Å². The molecule has 0 aliphatic rings. The van der Waals surface area contributed by atoms with Crippen LogP contribution in [0.4, 0.5) is 11.4 Å². The Morgan fingerprint density at radius 3 is 2.80 bits per heavy atom. The molecule has 0 fully saturated rings. The van der Waals surface area contributed by atoms with Crippen LogP contribution in [-0.4, -0.2) is 16.2 Å². The molecule has 0 bridgehead atoms. The molecule has 2 rings (SSSR count). The predicted octanol–water partition coefficient (Wildman–Crippen LogP) is 4.01. The van der Waals surface area contributed by atoms with Crippen molar-refractivity contribution in [2.75, 3.05) is 0 Å². The number of rotatable bonds is 3. The van der Waals surface area contributed by atoms with Gasteiger partial charge in [0, 0.05) is 17.8 Å². The van der Waals surface area contributed by atoms with Gasteiger partial charge in [-0.15, -0.1) is 0 Å². The van der Waals surface area contributed by atoms with Crippen LogP contribution >= 0.6 is 11.6 Å². The number of hydrogen-bond donors (Lipinski definition) is 1. The minimum atomic E-state index is -0.564. The second-order valence-electron chi connectivity index (χ2n) is 4.19. The van der Waals surface area contributed by atoms with Gasteiger partial charge in [0.05, 0.1) is 10.6 Å². The third-order valence-electron chi connectivity index (χ3n) is 2.68. The number of halogens is 1. The molecule has 0 aromatic heterocycles. The summed E-state index contributed by atoms with van der Waals surface area (Å²) in [6, 6.07) is 9.47. The molecule has 0 saturated carbocycles. The Morgan fingerprint density at radius 1 is 1.35 bits per heavy atom. The first-order valence-electron chi connectivity index (χ1n) is 5.75. The molecule has 0 radical (unpaired) electrons. The van der Waals surface area contributed by atoms with Crippen LogP contribution in [0.3, 0.4) is 0 Å². The van der Waals surface area contributed by atoms with Crippen LogP contribution in [0.15, 0.2) is 41.4 Å². The molecule has 5 nitrogen and oxygen atoms in total. The Hall–Kier alpha value is -2.40. The first kappa shape index (κ1) is 14.0. The smallest absolute Gasteiger partial charge is 0.290 e. The van der Waals surface area contributed by atoms with Crippen molar-refractivity contribution in [3.05, 3.63) is 62.7 Å². The van der Waals surface area contributed by atoms with E-state index in [1.54, 1.807) is 24.3 Å². The van der Waals surface area contributed by atoms with E-state index in [9.17, 15) is 15.2 Å². The fourth-order valence-electron chi connectivity index (χ4n) is 1.67. The molecule has 6 heteroatoms. The largest absolute Gasteiger partial charge is 0.507 e. The van der Waals surface area contributed by atoms with Crippen LogP contribution in [0.1, 0.15) is 11.1 Å². The Bertz CT molecular complexity index is 699. The number of aliphatic imine (C=N–C) groups is 1. The summed E-state index contributed by atoms with van der Waals surface area (Å²) in [5.74, 6) is 0.0842. The lowest BCUT2D eigenvalue weighted by Crippen LogP contribution is -1.89. The first-order chi connectivity index (χ1) is 9.49. The van der Waals surface area contributed by atoms with E-state index in [2.05, 4.69) is 4.99 Å². The molecule has 2 aromatic rings. The summed E-state index contributed by atoms with van der Waals surface area (Å²) in [7, 11) is 0. The van der Waals surface area contributed by atoms with Gasteiger partial charge in [-0.3, -0.25) is 15.1 Å². The maximum Gasteiger partial charge on any atom is 0.290 e.